The lowest BCUT2D eigenvalue weighted by molar-refractivity contribution is 0.00578. The van der Waals surface area contributed by atoms with Gasteiger partial charge in [0.15, 0.2) is 0 Å². The van der Waals surface area contributed by atoms with Crippen molar-refractivity contribution in [2.24, 2.45) is 0 Å². The van der Waals surface area contributed by atoms with Gasteiger partial charge in [0.05, 0.1) is 22.2 Å². The second-order valence-electron chi connectivity index (χ2n) is 7.79. The highest BCUT2D eigenvalue weighted by Crippen LogP contribution is 2.36. The Hall–Kier alpha value is -2.11. The van der Waals surface area contributed by atoms with Crippen molar-refractivity contribution in [2.75, 3.05) is 0 Å². The molecule has 1 aliphatic heterocycles. The number of aromatic nitrogens is 2. The van der Waals surface area contributed by atoms with Crippen LogP contribution in [0.3, 0.4) is 0 Å². The van der Waals surface area contributed by atoms with Crippen LogP contribution in [-0.2, 0) is 9.31 Å². The van der Waals surface area contributed by atoms with Crippen LogP contribution < -0.4 is 5.46 Å². The third-order valence-corrected chi connectivity index (χ3v) is 5.41. The first kappa shape index (κ1) is 16.4. The van der Waals surface area contributed by atoms with Crippen molar-refractivity contribution in [1.82, 2.24) is 9.55 Å². The van der Waals surface area contributed by atoms with E-state index in [-0.39, 0.29) is 18.3 Å². The highest BCUT2D eigenvalue weighted by Gasteiger charge is 2.51. The Bertz CT molecular complexity index is 913. The second kappa shape index (κ2) is 5.45. The molecule has 4 nitrogen and oxygen atoms in total. The Morgan fingerprint density at radius 3 is 2.20 bits per heavy atom. The van der Waals surface area contributed by atoms with Crippen molar-refractivity contribution >= 4 is 23.6 Å². The summed E-state index contributed by atoms with van der Waals surface area (Å²) in [6.45, 7) is 10.4. The maximum atomic E-state index is 6.15. The normalized spacial score (nSPS) is 18.8. The number of hydrogen-bond acceptors (Lipinski definition) is 3. The molecule has 0 unspecified atom stereocenters. The van der Waals surface area contributed by atoms with E-state index in [1.165, 1.54) is 5.56 Å². The first-order valence-electron chi connectivity index (χ1n) is 8.66. The van der Waals surface area contributed by atoms with Crippen molar-refractivity contribution in [1.29, 1.82) is 0 Å². The molecular formula is C20H23BN2O2. The molecule has 25 heavy (non-hydrogen) atoms. The van der Waals surface area contributed by atoms with Crippen LogP contribution in [0.15, 0.2) is 48.8 Å². The van der Waals surface area contributed by atoms with Crippen molar-refractivity contribution in [3.8, 4) is 5.69 Å². The average molecular weight is 334 g/mol. The van der Waals surface area contributed by atoms with E-state index < -0.39 is 0 Å². The summed E-state index contributed by atoms with van der Waals surface area (Å²) in [4.78, 5) is 4.57. The van der Waals surface area contributed by atoms with E-state index in [2.05, 4.69) is 86.6 Å². The Labute approximate surface area is 148 Å². The van der Waals surface area contributed by atoms with Crippen molar-refractivity contribution in [3.63, 3.8) is 0 Å². The van der Waals surface area contributed by atoms with Gasteiger partial charge in [-0.05, 0) is 64.3 Å². The zero-order chi connectivity index (χ0) is 17.8. The Balaban J connectivity index is 1.70. The van der Waals surface area contributed by atoms with Gasteiger partial charge in [0.2, 0.25) is 0 Å². The predicted molar refractivity (Wildman–Crippen MR) is 102 cm³/mol. The summed E-state index contributed by atoms with van der Waals surface area (Å²) in [7, 11) is -0.362. The first-order valence-corrected chi connectivity index (χ1v) is 8.66. The third kappa shape index (κ3) is 2.68. The molecule has 0 spiro atoms. The molecule has 0 radical (unpaired) electrons. The highest BCUT2D eigenvalue weighted by molar-refractivity contribution is 6.62. The second-order valence-corrected chi connectivity index (χ2v) is 7.79. The lowest BCUT2D eigenvalue weighted by atomic mass is 9.79. The minimum atomic E-state index is -0.362. The predicted octanol–water partition coefficient (Wildman–Crippen LogP) is 3.63. The van der Waals surface area contributed by atoms with Crippen molar-refractivity contribution < 1.29 is 9.31 Å². The smallest absolute Gasteiger partial charge is 0.399 e. The molecule has 0 saturated carbocycles. The van der Waals surface area contributed by atoms with Gasteiger partial charge in [0.1, 0.15) is 6.33 Å². The van der Waals surface area contributed by atoms with Gasteiger partial charge in [-0.2, -0.15) is 0 Å². The summed E-state index contributed by atoms with van der Waals surface area (Å²) in [5.41, 5.74) is 4.69. The molecule has 0 atom stereocenters. The van der Waals surface area contributed by atoms with Gasteiger partial charge < -0.3 is 9.31 Å². The summed E-state index contributed by atoms with van der Waals surface area (Å²) < 4.78 is 14.4. The van der Waals surface area contributed by atoms with Gasteiger partial charge in [-0.15, -0.1) is 0 Å². The lowest BCUT2D eigenvalue weighted by Gasteiger charge is -2.32. The van der Waals surface area contributed by atoms with Crippen LogP contribution >= 0.6 is 0 Å². The minimum Gasteiger partial charge on any atom is -0.399 e. The quantitative estimate of drug-likeness (QED) is 0.672. The summed E-state index contributed by atoms with van der Waals surface area (Å²) >= 11 is 0. The average Bonchev–Trinajstić information content (AvgIpc) is 3.06. The van der Waals surface area contributed by atoms with Gasteiger partial charge in [-0.1, -0.05) is 23.8 Å². The number of aryl methyl sites for hydroxylation is 1. The molecule has 0 bridgehead atoms. The van der Waals surface area contributed by atoms with E-state index in [1.807, 2.05) is 6.33 Å². The topological polar surface area (TPSA) is 36.3 Å². The van der Waals surface area contributed by atoms with Crippen LogP contribution in [0, 0.1) is 6.92 Å². The molecular weight excluding hydrogens is 311 g/mol. The summed E-state index contributed by atoms with van der Waals surface area (Å²) in [6, 6.07) is 14.7. The largest absolute Gasteiger partial charge is 0.494 e. The van der Waals surface area contributed by atoms with Gasteiger partial charge in [0.25, 0.3) is 0 Å². The molecule has 0 N–H and O–H groups in total. The van der Waals surface area contributed by atoms with Crippen LogP contribution in [0.1, 0.15) is 33.3 Å². The van der Waals surface area contributed by atoms with Crippen LogP contribution in [0.5, 0.6) is 0 Å². The number of nitrogens with zero attached hydrogens (tertiary/aromatic N) is 2. The van der Waals surface area contributed by atoms with Gasteiger partial charge in [0, 0.05) is 5.69 Å². The molecule has 0 aliphatic carbocycles. The first-order chi connectivity index (χ1) is 11.8. The molecule has 128 valence electrons. The SMILES string of the molecule is Cc1ccc(-n2cnc3cc(B4OC(C)(C)C(C)(C)O4)ccc32)cc1. The zero-order valence-corrected chi connectivity index (χ0v) is 15.4. The molecule has 2 aromatic carbocycles. The number of benzene rings is 2. The van der Waals surface area contributed by atoms with Gasteiger partial charge >= 0.3 is 7.12 Å². The van der Waals surface area contributed by atoms with E-state index in [4.69, 9.17) is 9.31 Å². The maximum absolute atomic E-state index is 6.15. The van der Waals surface area contributed by atoms with Crippen LogP contribution in [-0.4, -0.2) is 27.9 Å². The van der Waals surface area contributed by atoms with Crippen molar-refractivity contribution in [3.05, 3.63) is 54.4 Å². The standard InChI is InChI=1S/C20H23BN2O2/c1-14-6-9-16(10-7-14)23-13-22-17-12-15(8-11-18(17)23)21-24-19(2,3)20(4,5)25-21/h6-13H,1-5H3. The fourth-order valence-electron chi connectivity index (χ4n) is 3.07. The number of rotatable bonds is 2. The third-order valence-electron chi connectivity index (χ3n) is 5.41. The molecule has 5 heteroatoms. The van der Waals surface area contributed by atoms with Crippen LogP contribution in [0.4, 0.5) is 0 Å². The van der Waals surface area contributed by atoms with Gasteiger partial charge in [-0.25, -0.2) is 4.98 Å². The van der Waals surface area contributed by atoms with E-state index in [0.29, 0.717) is 0 Å². The van der Waals surface area contributed by atoms with Gasteiger partial charge in [-0.3, -0.25) is 4.57 Å². The molecule has 0 amide bonds. The summed E-state index contributed by atoms with van der Waals surface area (Å²) in [6.07, 6.45) is 1.86. The zero-order valence-electron chi connectivity index (χ0n) is 15.4. The van der Waals surface area contributed by atoms with E-state index in [0.717, 1.165) is 22.2 Å². The summed E-state index contributed by atoms with van der Waals surface area (Å²) in [5.74, 6) is 0. The molecule has 2 heterocycles. The molecule has 3 aromatic rings. The maximum Gasteiger partial charge on any atom is 0.494 e. The van der Waals surface area contributed by atoms with E-state index in [9.17, 15) is 0 Å². The van der Waals surface area contributed by atoms with Crippen molar-refractivity contribution in [2.45, 2.75) is 45.8 Å². The number of hydrogen-bond donors (Lipinski definition) is 0. The van der Waals surface area contributed by atoms with Crippen LogP contribution in [0.25, 0.3) is 16.7 Å². The minimum absolute atomic E-state index is 0.339. The fourth-order valence-corrected chi connectivity index (χ4v) is 3.07. The summed E-state index contributed by atoms with van der Waals surface area (Å²) in [5, 5.41) is 0. The fraction of sp³-hybridized carbons (Fsp3) is 0.350. The molecule has 1 aromatic heterocycles. The monoisotopic (exact) mass is 334 g/mol. The number of fused-ring (bicyclic) bond motifs is 1. The Morgan fingerprint density at radius 2 is 1.56 bits per heavy atom. The highest BCUT2D eigenvalue weighted by atomic mass is 16.7. The Morgan fingerprint density at radius 1 is 0.920 bits per heavy atom. The lowest BCUT2D eigenvalue weighted by Crippen LogP contribution is -2.41. The molecule has 1 fully saturated rings. The van der Waals surface area contributed by atoms with Crippen LogP contribution in [0.2, 0.25) is 0 Å². The molecule has 1 aliphatic rings. The molecule has 4 rings (SSSR count). The van der Waals surface area contributed by atoms with E-state index in [1.54, 1.807) is 0 Å². The molecule has 1 saturated heterocycles. The number of imidazole rings is 1. The Kier molecular flexibility index (Phi) is 3.57. The van der Waals surface area contributed by atoms with E-state index >= 15 is 0 Å².